The fourth-order valence-electron chi connectivity index (χ4n) is 0.340. The molecule has 0 saturated heterocycles. The molecule has 1 aliphatic rings. The molecular weight excluding hydrogens is 406 g/mol. The first-order chi connectivity index (χ1) is 9.43. The van der Waals surface area contributed by atoms with E-state index in [4.69, 9.17) is 0 Å². The van der Waals surface area contributed by atoms with Gasteiger partial charge in [0.1, 0.15) is 0 Å². The average molecular weight is 448 g/mol. The van der Waals surface area contributed by atoms with E-state index in [1.54, 1.807) is 0 Å². The van der Waals surface area contributed by atoms with Crippen LogP contribution in [0.1, 0.15) is 61.8 Å². The van der Waals surface area contributed by atoms with Crippen LogP contribution in [0.2, 0.25) is 0 Å². The van der Waals surface area contributed by atoms with Crippen LogP contribution in [0.15, 0.2) is 18.2 Å². The molecule has 0 amide bonds. The molecule has 0 atom stereocenters. The molecule has 0 aromatic carbocycles. The zero-order valence-corrected chi connectivity index (χ0v) is 21.5. The number of hydrogen-bond donors (Lipinski definition) is 0. The number of allylic oxidation sites excluding steroid dienone is 4. The molecule has 0 heterocycles. The van der Waals surface area contributed by atoms with E-state index in [-0.39, 0.29) is 58.9 Å². The van der Waals surface area contributed by atoms with Gasteiger partial charge in [-0.1, -0.05) is 55.4 Å². The van der Waals surface area contributed by atoms with Gasteiger partial charge in [0.05, 0.1) is 0 Å². The normalized spacial score (nSPS) is 9.28. The molecule has 155 valence electrons. The van der Waals surface area contributed by atoms with E-state index in [2.05, 4.69) is 95.2 Å². The van der Waals surface area contributed by atoms with Gasteiger partial charge >= 0.3 is 21.7 Å². The van der Waals surface area contributed by atoms with Gasteiger partial charge in [-0.05, 0) is 0 Å². The van der Waals surface area contributed by atoms with Crippen LogP contribution in [0.4, 0.5) is 0 Å². The third-order valence-electron chi connectivity index (χ3n) is 0.586. The summed E-state index contributed by atoms with van der Waals surface area (Å²) in [5, 5.41) is 0. The molecule has 0 aromatic rings. The fourth-order valence-corrected chi connectivity index (χ4v) is 0.340. The van der Waals surface area contributed by atoms with Crippen molar-refractivity contribution in [1.29, 1.82) is 0 Å². The number of halogens is 3. The molecule has 0 spiro atoms. The molecule has 4 heteroatoms. The maximum atomic E-state index is 3.64. The van der Waals surface area contributed by atoms with Crippen molar-refractivity contribution in [2.75, 3.05) is 0 Å². The summed E-state index contributed by atoms with van der Waals surface area (Å²) in [6.07, 6.45) is 10.0. The molecule has 0 aromatic heterocycles. The Hall–Kier alpha value is 1.06. The average Bonchev–Trinajstić information content (AvgIpc) is 2.68. The minimum absolute atomic E-state index is 0. The van der Waals surface area contributed by atoms with Gasteiger partial charge in [0.2, 0.25) is 0 Å². The van der Waals surface area contributed by atoms with Crippen LogP contribution in [0.3, 0.4) is 0 Å². The molecule has 1 rings (SSSR count). The predicted molar refractivity (Wildman–Crippen MR) is 102 cm³/mol. The first-order valence-corrected chi connectivity index (χ1v) is 7.97. The van der Waals surface area contributed by atoms with Gasteiger partial charge in [-0.2, -0.15) is 29.7 Å². The Morgan fingerprint density at radius 1 is 0.640 bits per heavy atom. The molecule has 0 saturated carbocycles. The van der Waals surface area contributed by atoms with Crippen molar-refractivity contribution in [3.8, 4) is 0 Å². The molecule has 1 aliphatic carbocycles. The molecule has 0 nitrogen and oxygen atoms in total. The van der Waals surface area contributed by atoms with Gasteiger partial charge in [-0.15, -0.1) is 6.42 Å². The summed E-state index contributed by atoms with van der Waals surface area (Å²) in [6, 6.07) is 0. The van der Waals surface area contributed by atoms with Crippen LogP contribution < -0.4 is 37.2 Å². The van der Waals surface area contributed by atoms with Crippen molar-refractivity contribution in [2.24, 2.45) is 23.7 Å². The first kappa shape index (κ1) is 50.2. The van der Waals surface area contributed by atoms with Crippen molar-refractivity contribution in [3.63, 3.8) is 0 Å². The van der Waals surface area contributed by atoms with E-state index in [0.717, 1.165) is 6.42 Å². The van der Waals surface area contributed by atoms with Crippen LogP contribution in [0.25, 0.3) is 0 Å². The van der Waals surface area contributed by atoms with Crippen LogP contribution >= 0.6 is 0 Å². The van der Waals surface area contributed by atoms with Gasteiger partial charge in [-0.25, -0.2) is 12.2 Å². The zero-order valence-electron chi connectivity index (χ0n) is 17.7. The summed E-state index contributed by atoms with van der Waals surface area (Å²) in [4.78, 5) is 0. The molecule has 0 unspecified atom stereocenters. The topological polar surface area (TPSA) is 0 Å². The Kier molecular flexibility index (Phi) is 89.3. The minimum Gasteiger partial charge on any atom is -1.00 e. The summed E-state index contributed by atoms with van der Waals surface area (Å²) in [5.41, 5.74) is 0. The molecule has 1 radical (unpaired) electrons. The SMILES string of the molecule is [C-]1=CC=CC1.[CH2-]C(C)C.[CH2-]C(C)C.[CH2-]C(C)C.[CH2-]C(C)C.[Cl-].[Cl-].[Cl-].[Ti+3]. The second kappa shape index (κ2) is 44.5. The second-order valence-electron chi connectivity index (χ2n) is 6.58. The predicted octanol–water partition coefficient (Wildman–Crippen LogP) is -1.78. The van der Waals surface area contributed by atoms with E-state index in [9.17, 15) is 0 Å². The van der Waals surface area contributed by atoms with Crippen molar-refractivity contribution in [3.05, 3.63) is 52.0 Å². The first-order valence-electron chi connectivity index (χ1n) is 7.97. The Balaban J connectivity index is -0.0000000233. The van der Waals surface area contributed by atoms with E-state index >= 15 is 0 Å². The molecule has 25 heavy (non-hydrogen) atoms. The smallest absolute Gasteiger partial charge is 1.00 e. The van der Waals surface area contributed by atoms with E-state index in [1.165, 1.54) is 0 Å². The van der Waals surface area contributed by atoms with Gasteiger partial charge < -0.3 is 64.9 Å². The maximum Gasteiger partial charge on any atom is 3.00 e. The van der Waals surface area contributed by atoms with Crippen LogP contribution in [0.5, 0.6) is 0 Å². The van der Waals surface area contributed by atoms with E-state index in [0.29, 0.717) is 23.7 Å². The van der Waals surface area contributed by atoms with Crippen molar-refractivity contribution >= 4 is 0 Å². The monoisotopic (exact) mass is 446 g/mol. The van der Waals surface area contributed by atoms with Crippen LogP contribution in [0, 0.1) is 57.4 Å². The molecule has 0 aliphatic heterocycles. The Bertz CT molecular complexity index is 166. The summed E-state index contributed by atoms with van der Waals surface area (Å²) in [5.74, 6) is 2.33. The van der Waals surface area contributed by atoms with Gasteiger partial charge in [-0.3, -0.25) is 6.08 Å². The Morgan fingerprint density at radius 3 is 0.880 bits per heavy atom. The van der Waals surface area contributed by atoms with Crippen molar-refractivity contribution < 1.29 is 58.9 Å². The van der Waals surface area contributed by atoms with Gasteiger partial charge in [0.15, 0.2) is 0 Å². The third-order valence-corrected chi connectivity index (χ3v) is 0.586. The van der Waals surface area contributed by atoms with Crippen LogP contribution in [-0.4, -0.2) is 0 Å². The van der Waals surface area contributed by atoms with Gasteiger partial charge in [0, 0.05) is 0 Å². The second-order valence-corrected chi connectivity index (χ2v) is 6.58. The molecule has 0 N–H and O–H groups in total. The number of rotatable bonds is 0. The van der Waals surface area contributed by atoms with Crippen LogP contribution in [-0.2, 0) is 21.7 Å². The van der Waals surface area contributed by atoms with Gasteiger partial charge in [0.25, 0.3) is 0 Å². The van der Waals surface area contributed by atoms with E-state index in [1.807, 2.05) is 12.2 Å². The zero-order chi connectivity index (χ0) is 17.8. The summed E-state index contributed by atoms with van der Waals surface area (Å²) in [6.45, 7) is 31.0. The quantitative estimate of drug-likeness (QED) is 0.304. The van der Waals surface area contributed by atoms with Crippen molar-refractivity contribution in [1.82, 2.24) is 0 Å². The Morgan fingerprint density at radius 2 is 0.840 bits per heavy atom. The fraction of sp³-hybridized carbons (Fsp3) is 0.619. The molecule has 0 fully saturated rings. The largest absolute Gasteiger partial charge is 3.00 e. The summed E-state index contributed by atoms with van der Waals surface area (Å²) >= 11 is 0. The summed E-state index contributed by atoms with van der Waals surface area (Å²) in [7, 11) is 0. The Labute approximate surface area is 195 Å². The maximum absolute atomic E-state index is 3.64. The number of hydrogen-bond acceptors (Lipinski definition) is 0. The molecule has 0 bridgehead atoms. The molecular formula is C21H41Cl3Ti-5. The van der Waals surface area contributed by atoms with E-state index < -0.39 is 0 Å². The minimum atomic E-state index is 0. The standard InChI is InChI=1S/C5H5.4C4H9.3ClH.Ti/c1-2-4-5-3-1;4*1-4(2)3;;;;/h1-3H,4H2;4*4H,1H2,2-3H3;3*1H;/q5*-1;;;;+3/p-3. The third kappa shape index (κ3) is 363. The van der Waals surface area contributed by atoms with Crippen molar-refractivity contribution in [2.45, 2.75) is 61.8 Å². The summed E-state index contributed by atoms with van der Waals surface area (Å²) < 4.78 is 0.